The highest BCUT2D eigenvalue weighted by molar-refractivity contribution is 5.75. The Morgan fingerprint density at radius 3 is 2.68 bits per heavy atom. The van der Waals surface area contributed by atoms with Crippen molar-refractivity contribution in [2.24, 2.45) is 0 Å². The summed E-state index contributed by atoms with van der Waals surface area (Å²) in [6.45, 7) is 3.02. The Balaban J connectivity index is 1.30. The lowest BCUT2D eigenvalue weighted by molar-refractivity contribution is 0.201. The van der Waals surface area contributed by atoms with Crippen LogP contribution in [-0.4, -0.2) is 43.2 Å². The van der Waals surface area contributed by atoms with E-state index >= 15 is 0 Å². The van der Waals surface area contributed by atoms with Crippen LogP contribution in [0.25, 0.3) is 0 Å². The normalized spacial score (nSPS) is 21.6. The molecule has 2 aliphatic rings. The third-order valence-electron chi connectivity index (χ3n) is 5.52. The fraction of sp³-hybridized carbons (Fsp3) is 0.364. The minimum atomic E-state index is -0.232. The van der Waals surface area contributed by atoms with Crippen molar-refractivity contribution in [3.8, 4) is 6.07 Å². The number of nitrogens with one attached hydrogen (secondary N) is 1. The minimum absolute atomic E-state index is 0.0365. The van der Waals surface area contributed by atoms with E-state index in [1.54, 1.807) is 12.1 Å². The van der Waals surface area contributed by atoms with Crippen LogP contribution in [0.15, 0.2) is 48.5 Å². The molecule has 1 saturated heterocycles. The third-order valence-corrected chi connectivity index (χ3v) is 5.52. The SMILES string of the molecule is N#Cc1ccc(N2CCCN(C(=O)N[C@@H]3C[C@@H]3c3cccc(F)c3)CC2)cc1. The second kappa shape index (κ2) is 7.89. The molecule has 0 radical (unpaired) electrons. The molecule has 0 unspecified atom stereocenters. The monoisotopic (exact) mass is 378 g/mol. The molecule has 144 valence electrons. The summed E-state index contributed by atoms with van der Waals surface area (Å²) in [5.74, 6) is -0.0216. The number of hydrogen-bond acceptors (Lipinski definition) is 3. The van der Waals surface area contributed by atoms with Crippen LogP contribution in [0.1, 0.15) is 29.9 Å². The van der Waals surface area contributed by atoms with Crippen LogP contribution >= 0.6 is 0 Å². The molecule has 1 saturated carbocycles. The highest BCUT2D eigenvalue weighted by Gasteiger charge is 2.40. The predicted octanol–water partition coefficient (Wildman–Crippen LogP) is 3.48. The zero-order valence-corrected chi connectivity index (χ0v) is 15.6. The Morgan fingerprint density at radius 2 is 1.93 bits per heavy atom. The van der Waals surface area contributed by atoms with Gasteiger partial charge in [0.2, 0.25) is 0 Å². The van der Waals surface area contributed by atoms with Crippen LogP contribution < -0.4 is 10.2 Å². The first-order valence-corrected chi connectivity index (χ1v) is 9.70. The fourth-order valence-corrected chi connectivity index (χ4v) is 3.84. The summed E-state index contributed by atoms with van der Waals surface area (Å²) in [5, 5.41) is 12.0. The number of urea groups is 1. The molecule has 2 amide bonds. The van der Waals surface area contributed by atoms with Crippen molar-refractivity contribution < 1.29 is 9.18 Å². The molecular weight excluding hydrogens is 355 g/mol. The Bertz CT molecular complexity index is 892. The number of amides is 2. The largest absolute Gasteiger partial charge is 0.370 e. The van der Waals surface area contributed by atoms with Crippen molar-refractivity contribution in [2.75, 3.05) is 31.1 Å². The Morgan fingerprint density at radius 1 is 1.11 bits per heavy atom. The van der Waals surface area contributed by atoms with Gasteiger partial charge in [0.05, 0.1) is 11.6 Å². The number of hydrogen-bond donors (Lipinski definition) is 1. The van der Waals surface area contributed by atoms with Gasteiger partial charge in [-0.1, -0.05) is 12.1 Å². The molecule has 28 heavy (non-hydrogen) atoms. The van der Waals surface area contributed by atoms with Crippen molar-refractivity contribution in [3.63, 3.8) is 0 Å². The van der Waals surface area contributed by atoms with Gasteiger partial charge in [0.15, 0.2) is 0 Å². The first kappa shape index (κ1) is 18.3. The molecule has 0 bridgehead atoms. The Kier molecular flexibility index (Phi) is 5.16. The molecule has 4 rings (SSSR count). The van der Waals surface area contributed by atoms with E-state index in [2.05, 4.69) is 16.3 Å². The van der Waals surface area contributed by atoms with E-state index in [1.165, 1.54) is 6.07 Å². The van der Waals surface area contributed by atoms with E-state index in [1.807, 2.05) is 35.2 Å². The minimum Gasteiger partial charge on any atom is -0.370 e. The van der Waals surface area contributed by atoms with Crippen LogP contribution in [0.3, 0.4) is 0 Å². The van der Waals surface area contributed by atoms with Crippen molar-refractivity contribution in [3.05, 3.63) is 65.5 Å². The summed E-state index contributed by atoms with van der Waals surface area (Å²) >= 11 is 0. The maximum atomic E-state index is 13.4. The first-order chi connectivity index (χ1) is 13.6. The van der Waals surface area contributed by atoms with E-state index in [0.717, 1.165) is 43.7 Å². The number of carbonyl (C=O) groups excluding carboxylic acids is 1. The van der Waals surface area contributed by atoms with Crippen LogP contribution in [0.2, 0.25) is 0 Å². The number of nitriles is 1. The van der Waals surface area contributed by atoms with E-state index in [-0.39, 0.29) is 23.8 Å². The number of benzene rings is 2. The predicted molar refractivity (Wildman–Crippen MR) is 106 cm³/mol. The van der Waals surface area contributed by atoms with Crippen molar-refractivity contribution >= 4 is 11.7 Å². The number of anilines is 1. The van der Waals surface area contributed by atoms with E-state index in [4.69, 9.17) is 5.26 Å². The van der Waals surface area contributed by atoms with Crippen molar-refractivity contribution in [1.82, 2.24) is 10.2 Å². The summed E-state index contributed by atoms with van der Waals surface area (Å²) < 4.78 is 13.4. The molecule has 2 aromatic rings. The van der Waals surface area contributed by atoms with Gasteiger partial charge in [-0.2, -0.15) is 5.26 Å². The van der Waals surface area contributed by atoms with Crippen LogP contribution in [0.4, 0.5) is 14.9 Å². The van der Waals surface area contributed by atoms with E-state index in [9.17, 15) is 9.18 Å². The molecule has 0 spiro atoms. The third kappa shape index (κ3) is 4.09. The van der Waals surface area contributed by atoms with E-state index < -0.39 is 0 Å². The standard InChI is InChI=1S/C22H23FN4O/c23-18-4-1-3-17(13-18)20-14-21(20)25-22(28)27-10-2-9-26(11-12-27)19-7-5-16(15-24)6-8-19/h1,3-8,13,20-21H,2,9-12,14H2,(H,25,28)/t20-,21-/m1/s1. The first-order valence-electron chi connectivity index (χ1n) is 9.70. The maximum absolute atomic E-state index is 13.4. The van der Waals surface area contributed by atoms with Crippen molar-refractivity contribution in [2.45, 2.75) is 24.8 Å². The molecule has 1 heterocycles. The van der Waals surface area contributed by atoms with Gasteiger partial charge >= 0.3 is 6.03 Å². The fourth-order valence-electron chi connectivity index (χ4n) is 3.84. The summed E-state index contributed by atoms with van der Waals surface area (Å²) in [5.41, 5.74) is 2.68. The molecule has 0 aromatic heterocycles. The molecular formula is C22H23FN4O. The zero-order chi connectivity index (χ0) is 19.5. The Hall–Kier alpha value is -3.07. The lowest BCUT2D eigenvalue weighted by Crippen LogP contribution is -2.43. The van der Waals surface area contributed by atoms with Gasteiger partial charge in [-0.25, -0.2) is 9.18 Å². The number of rotatable bonds is 3. The topological polar surface area (TPSA) is 59.4 Å². The molecule has 6 heteroatoms. The summed E-state index contributed by atoms with van der Waals surface area (Å²) in [6.07, 6.45) is 1.76. The lowest BCUT2D eigenvalue weighted by atomic mass is 10.1. The smallest absolute Gasteiger partial charge is 0.317 e. The van der Waals surface area contributed by atoms with Crippen LogP contribution in [0, 0.1) is 17.1 Å². The molecule has 2 aromatic carbocycles. The van der Waals surface area contributed by atoms with Crippen LogP contribution in [0.5, 0.6) is 0 Å². The summed E-state index contributed by atoms with van der Waals surface area (Å²) in [4.78, 5) is 16.8. The van der Waals surface area contributed by atoms with Gasteiger partial charge in [-0.05, 0) is 54.8 Å². The number of nitrogens with zero attached hydrogens (tertiary/aromatic N) is 3. The maximum Gasteiger partial charge on any atom is 0.317 e. The van der Waals surface area contributed by atoms with Crippen molar-refractivity contribution in [1.29, 1.82) is 5.26 Å². The molecule has 2 atom stereocenters. The summed E-state index contributed by atoms with van der Waals surface area (Å²) in [6, 6.07) is 16.4. The molecule has 1 aliphatic heterocycles. The zero-order valence-electron chi connectivity index (χ0n) is 15.6. The average Bonchev–Trinajstić information content (AvgIpc) is 3.51. The van der Waals surface area contributed by atoms with E-state index in [0.29, 0.717) is 12.1 Å². The second-order valence-corrected chi connectivity index (χ2v) is 7.44. The number of carbonyl (C=O) groups is 1. The highest BCUT2D eigenvalue weighted by atomic mass is 19.1. The van der Waals surface area contributed by atoms with Gasteiger partial charge in [-0.15, -0.1) is 0 Å². The quantitative estimate of drug-likeness (QED) is 0.890. The van der Waals surface area contributed by atoms with Gasteiger partial charge in [0.1, 0.15) is 5.82 Å². The molecule has 1 N–H and O–H groups in total. The molecule has 1 aliphatic carbocycles. The second-order valence-electron chi connectivity index (χ2n) is 7.44. The van der Waals surface area contributed by atoms with Gasteiger partial charge in [0.25, 0.3) is 0 Å². The van der Waals surface area contributed by atoms with Gasteiger partial charge in [-0.3, -0.25) is 0 Å². The lowest BCUT2D eigenvalue weighted by Gasteiger charge is -2.24. The summed E-state index contributed by atoms with van der Waals surface area (Å²) in [7, 11) is 0. The average molecular weight is 378 g/mol. The van der Waals surface area contributed by atoms with Gasteiger partial charge in [0, 0.05) is 43.8 Å². The molecule has 5 nitrogen and oxygen atoms in total. The highest BCUT2D eigenvalue weighted by Crippen LogP contribution is 2.41. The van der Waals surface area contributed by atoms with Gasteiger partial charge < -0.3 is 15.1 Å². The number of halogens is 1. The molecule has 2 fully saturated rings. The Labute approximate surface area is 164 Å². The van der Waals surface area contributed by atoms with Crippen LogP contribution in [-0.2, 0) is 0 Å².